The van der Waals surface area contributed by atoms with Crippen LogP contribution in [-0.4, -0.2) is 72.2 Å². The standard InChI is InChI=1S/C28H39N3O5/c1-20(32)30-17-23-16-29-18-27(28(23)22-6-8-24(34-3)9-7-22)36-19-21-5-10-26-25(15-21)31(12-14-35-26)11-4-13-33-2/h5-10,15,23,27-29H,4,11-14,16-19H2,1-3H3,(H,30,32)/t23-,27-,28-/m0/s1. The van der Waals surface area contributed by atoms with Crippen LogP contribution < -0.4 is 25.0 Å². The molecule has 0 aliphatic carbocycles. The lowest BCUT2D eigenvalue weighted by molar-refractivity contribution is -0.119. The number of benzene rings is 2. The minimum Gasteiger partial charge on any atom is -0.497 e. The summed E-state index contributed by atoms with van der Waals surface area (Å²) >= 11 is 0. The second-order valence-electron chi connectivity index (χ2n) is 9.49. The van der Waals surface area contributed by atoms with Crippen LogP contribution in [0.2, 0.25) is 0 Å². The molecule has 2 heterocycles. The van der Waals surface area contributed by atoms with E-state index in [0.29, 0.717) is 19.8 Å². The number of nitrogens with zero attached hydrogens (tertiary/aromatic N) is 1. The fourth-order valence-electron chi connectivity index (χ4n) is 5.16. The van der Waals surface area contributed by atoms with Gasteiger partial charge in [-0.1, -0.05) is 18.2 Å². The fraction of sp³-hybridized carbons (Fsp3) is 0.536. The molecule has 196 valence electrons. The third-order valence-electron chi connectivity index (χ3n) is 7.00. The van der Waals surface area contributed by atoms with Gasteiger partial charge in [0.05, 0.1) is 32.1 Å². The zero-order valence-electron chi connectivity index (χ0n) is 21.6. The van der Waals surface area contributed by atoms with E-state index in [9.17, 15) is 4.79 Å². The van der Waals surface area contributed by atoms with Crippen molar-refractivity contribution in [2.24, 2.45) is 5.92 Å². The van der Waals surface area contributed by atoms with Gasteiger partial charge in [0.25, 0.3) is 0 Å². The molecule has 36 heavy (non-hydrogen) atoms. The van der Waals surface area contributed by atoms with Gasteiger partial charge in [0, 0.05) is 52.7 Å². The Bertz CT molecular complexity index is 984. The van der Waals surface area contributed by atoms with E-state index in [2.05, 4.69) is 45.9 Å². The number of ether oxygens (including phenoxy) is 4. The van der Waals surface area contributed by atoms with Gasteiger partial charge in [-0.25, -0.2) is 0 Å². The summed E-state index contributed by atoms with van der Waals surface area (Å²) < 4.78 is 23.1. The summed E-state index contributed by atoms with van der Waals surface area (Å²) in [7, 11) is 3.41. The SMILES string of the molecule is COCCCN1CCOc2ccc(CO[C@H]3CNC[C@@H](CNC(C)=O)[C@@H]3c3ccc(OC)cc3)cc21. The number of rotatable bonds is 11. The predicted molar refractivity (Wildman–Crippen MR) is 140 cm³/mol. The Hall–Kier alpha value is -2.81. The highest BCUT2D eigenvalue weighted by Gasteiger charge is 2.35. The van der Waals surface area contributed by atoms with E-state index in [1.807, 2.05) is 12.1 Å². The largest absolute Gasteiger partial charge is 0.497 e. The molecule has 1 fully saturated rings. The minimum atomic E-state index is -0.0315. The van der Waals surface area contributed by atoms with Crippen LogP contribution in [0.1, 0.15) is 30.4 Å². The van der Waals surface area contributed by atoms with Crippen molar-refractivity contribution in [3.05, 3.63) is 53.6 Å². The molecule has 2 aromatic rings. The first-order chi connectivity index (χ1) is 17.6. The van der Waals surface area contributed by atoms with Crippen LogP contribution in [-0.2, 0) is 20.9 Å². The number of fused-ring (bicyclic) bond motifs is 1. The highest BCUT2D eigenvalue weighted by atomic mass is 16.5. The Kier molecular flexibility index (Phi) is 9.44. The topological polar surface area (TPSA) is 81.3 Å². The molecule has 0 aromatic heterocycles. The molecule has 4 rings (SSSR count). The van der Waals surface area contributed by atoms with Crippen LogP contribution >= 0.6 is 0 Å². The minimum absolute atomic E-state index is 0.0159. The van der Waals surface area contributed by atoms with Crippen molar-refractivity contribution >= 4 is 11.6 Å². The summed E-state index contributed by atoms with van der Waals surface area (Å²) in [5, 5.41) is 6.52. The molecule has 0 bridgehead atoms. The molecule has 2 aliphatic rings. The smallest absolute Gasteiger partial charge is 0.216 e. The maximum Gasteiger partial charge on any atom is 0.216 e. The summed E-state index contributed by atoms with van der Waals surface area (Å²) in [6.07, 6.45) is 0.944. The molecule has 0 radical (unpaired) electrons. The maximum atomic E-state index is 11.6. The number of hydrogen-bond donors (Lipinski definition) is 2. The summed E-state index contributed by atoms with van der Waals surface area (Å²) in [4.78, 5) is 14.0. The highest BCUT2D eigenvalue weighted by molar-refractivity contribution is 5.72. The van der Waals surface area contributed by atoms with Crippen LogP contribution in [0.15, 0.2) is 42.5 Å². The number of hydrogen-bond acceptors (Lipinski definition) is 7. The Morgan fingerprint density at radius 3 is 2.75 bits per heavy atom. The Morgan fingerprint density at radius 1 is 1.17 bits per heavy atom. The number of carbonyl (C=O) groups is 1. The van der Waals surface area contributed by atoms with Crippen molar-refractivity contribution in [3.63, 3.8) is 0 Å². The second kappa shape index (κ2) is 12.9. The average Bonchev–Trinajstić information content (AvgIpc) is 2.91. The maximum absolute atomic E-state index is 11.6. The van der Waals surface area contributed by atoms with Gasteiger partial charge in [0.15, 0.2) is 0 Å². The lowest BCUT2D eigenvalue weighted by Gasteiger charge is -2.39. The van der Waals surface area contributed by atoms with E-state index < -0.39 is 0 Å². The zero-order valence-corrected chi connectivity index (χ0v) is 21.6. The Balaban J connectivity index is 1.49. The summed E-state index contributed by atoms with van der Waals surface area (Å²) in [6, 6.07) is 14.5. The molecule has 0 saturated carbocycles. The van der Waals surface area contributed by atoms with Gasteiger partial charge in [0.1, 0.15) is 18.1 Å². The summed E-state index contributed by atoms with van der Waals surface area (Å²) in [5.74, 6) is 2.10. The van der Waals surface area contributed by atoms with Crippen molar-refractivity contribution < 1.29 is 23.7 Å². The normalized spacial score (nSPS) is 21.4. The molecule has 3 atom stereocenters. The average molecular weight is 498 g/mol. The van der Waals surface area contributed by atoms with Crippen LogP contribution in [0, 0.1) is 5.92 Å². The lowest BCUT2D eigenvalue weighted by atomic mass is 9.79. The van der Waals surface area contributed by atoms with Crippen LogP contribution in [0.5, 0.6) is 11.5 Å². The summed E-state index contributed by atoms with van der Waals surface area (Å²) in [6.45, 7) is 7.50. The van der Waals surface area contributed by atoms with Crippen molar-refractivity contribution in [2.75, 3.05) is 65.1 Å². The molecule has 0 unspecified atom stereocenters. The zero-order chi connectivity index (χ0) is 25.3. The molecule has 1 amide bonds. The van der Waals surface area contributed by atoms with Gasteiger partial charge in [-0.15, -0.1) is 0 Å². The second-order valence-corrected chi connectivity index (χ2v) is 9.49. The molecule has 2 aliphatic heterocycles. The van der Waals surface area contributed by atoms with Gasteiger partial charge >= 0.3 is 0 Å². The van der Waals surface area contributed by atoms with Gasteiger partial charge in [-0.05, 0) is 47.7 Å². The van der Waals surface area contributed by atoms with Gasteiger partial charge in [0.2, 0.25) is 5.91 Å². The van der Waals surface area contributed by atoms with E-state index in [0.717, 1.165) is 62.0 Å². The molecule has 0 spiro atoms. The summed E-state index contributed by atoms with van der Waals surface area (Å²) in [5.41, 5.74) is 3.43. The number of piperidine rings is 1. The quantitative estimate of drug-likeness (QED) is 0.462. The van der Waals surface area contributed by atoms with Gasteiger partial charge in [-0.2, -0.15) is 0 Å². The third-order valence-corrected chi connectivity index (χ3v) is 7.00. The third kappa shape index (κ3) is 6.69. The Morgan fingerprint density at radius 2 is 2.00 bits per heavy atom. The van der Waals surface area contributed by atoms with E-state index in [-0.39, 0.29) is 23.8 Å². The first-order valence-electron chi connectivity index (χ1n) is 12.8. The van der Waals surface area contributed by atoms with Crippen LogP contribution in [0.25, 0.3) is 0 Å². The number of methoxy groups -OCH3 is 2. The van der Waals surface area contributed by atoms with Crippen molar-refractivity contribution in [1.82, 2.24) is 10.6 Å². The van der Waals surface area contributed by atoms with Crippen molar-refractivity contribution in [3.8, 4) is 11.5 Å². The molecule has 1 saturated heterocycles. The first kappa shape index (κ1) is 26.3. The van der Waals surface area contributed by atoms with E-state index in [1.54, 1.807) is 21.1 Å². The first-order valence-corrected chi connectivity index (χ1v) is 12.8. The molecule has 2 aromatic carbocycles. The van der Waals surface area contributed by atoms with Crippen molar-refractivity contribution in [2.45, 2.75) is 32.0 Å². The number of carbonyl (C=O) groups excluding carboxylic acids is 1. The highest BCUT2D eigenvalue weighted by Crippen LogP contribution is 2.35. The number of nitrogens with one attached hydrogen (secondary N) is 2. The molecular formula is C28H39N3O5. The predicted octanol–water partition coefficient (Wildman–Crippen LogP) is 2.96. The van der Waals surface area contributed by atoms with Crippen LogP contribution in [0.3, 0.4) is 0 Å². The number of anilines is 1. The van der Waals surface area contributed by atoms with Gasteiger partial charge in [-0.3, -0.25) is 4.79 Å². The Labute approximate surface area is 214 Å². The molecular weight excluding hydrogens is 458 g/mol. The monoisotopic (exact) mass is 497 g/mol. The van der Waals surface area contributed by atoms with Crippen molar-refractivity contribution in [1.29, 1.82) is 0 Å². The lowest BCUT2D eigenvalue weighted by Crippen LogP contribution is -2.50. The molecule has 8 nitrogen and oxygen atoms in total. The molecule has 2 N–H and O–H groups in total. The van der Waals surface area contributed by atoms with E-state index >= 15 is 0 Å². The van der Waals surface area contributed by atoms with E-state index in [4.69, 9.17) is 18.9 Å². The number of amides is 1. The van der Waals surface area contributed by atoms with E-state index in [1.165, 1.54) is 5.56 Å². The molecule has 8 heteroatoms. The van der Waals surface area contributed by atoms with Crippen LogP contribution in [0.4, 0.5) is 5.69 Å². The fourth-order valence-corrected chi connectivity index (χ4v) is 5.16. The van der Waals surface area contributed by atoms with Gasteiger partial charge < -0.3 is 34.5 Å².